The molecule has 3 N–H and O–H groups in total. The Kier molecular flexibility index (Phi) is 7.44. The largest absolute Gasteiger partial charge is 0.351 e. The summed E-state index contributed by atoms with van der Waals surface area (Å²) in [6.07, 6.45) is 1.45. The van der Waals surface area contributed by atoms with Gasteiger partial charge in [-0.05, 0) is 24.8 Å². The van der Waals surface area contributed by atoms with Crippen molar-refractivity contribution >= 4 is 17.5 Å². The van der Waals surface area contributed by atoms with E-state index in [9.17, 15) is 4.79 Å². The highest BCUT2D eigenvalue weighted by Crippen LogP contribution is 2.13. The van der Waals surface area contributed by atoms with E-state index in [0.29, 0.717) is 30.5 Å². The van der Waals surface area contributed by atoms with Crippen LogP contribution in [0, 0.1) is 11.8 Å². The Hall–Kier alpha value is -0.540. The van der Waals surface area contributed by atoms with Gasteiger partial charge in [0.1, 0.15) is 0 Å². The van der Waals surface area contributed by atoms with Crippen molar-refractivity contribution in [3.05, 3.63) is 11.6 Å². The van der Waals surface area contributed by atoms with Gasteiger partial charge in [-0.15, -0.1) is 0 Å². The van der Waals surface area contributed by atoms with Crippen molar-refractivity contribution in [1.82, 2.24) is 5.32 Å². The lowest BCUT2D eigenvalue weighted by atomic mass is 9.94. The third kappa shape index (κ3) is 8.45. The van der Waals surface area contributed by atoms with Gasteiger partial charge in [0, 0.05) is 11.5 Å². The van der Waals surface area contributed by atoms with Crippen molar-refractivity contribution in [3.8, 4) is 0 Å². The molecule has 0 aliphatic rings. The molecule has 4 heteroatoms. The van der Waals surface area contributed by atoms with Crippen LogP contribution >= 0.6 is 11.6 Å². The van der Waals surface area contributed by atoms with Crippen LogP contribution in [0.25, 0.3) is 0 Å². The lowest BCUT2D eigenvalue weighted by Crippen LogP contribution is -2.29. The van der Waals surface area contributed by atoms with Crippen LogP contribution in [-0.4, -0.2) is 19.0 Å². The van der Waals surface area contributed by atoms with E-state index < -0.39 is 0 Å². The number of nitrogens with one attached hydrogen (secondary N) is 1. The third-order valence-corrected chi connectivity index (χ3v) is 2.22. The predicted molar refractivity (Wildman–Crippen MR) is 64.6 cm³/mol. The maximum Gasteiger partial charge on any atom is 0.220 e. The second-order valence-electron chi connectivity index (χ2n) is 4.23. The summed E-state index contributed by atoms with van der Waals surface area (Å²) in [5.74, 6) is 0.816. The van der Waals surface area contributed by atoms with Crippen molar-refractivity contribution in [1.29, 1.82) is 0 Å². The molecule has 0 saturated heterocycles. The summed E-state index contributed by atoms with van der Waals surface area (Å²) < 4.78 is 0. The molecule has 0 aromatic rings. The van der Waals surface area contributed by atoms with E-state index in [1.165, 1.54) is 0 Å². The minimum absolute atomic E-state index is 0.00657. The van der Waals surface area contributed by atoms with Gasteiger partial charge in [-0.3, -0.25) is 4.79 Å². The Morgan fingerprint density at radius 2 is 2.13 bits per heavy atom. The molecule has 88 valence electrons. The molecule has 0 aromatic carbocycles. The first-order valence-corrected chi connectivity index (χ1v) is 5.63. The fourth-order valence-electron chi connectivity index (χ4n) is 1.46. The molecule has 0 fully saturated rings. The second-order valence-corrected chi connectivity index (χ2v) is 4.76. The third-order valence-electron chi connectivity index (χ3n) is 2.09. The van der Waals surface area contributed by atoms with Gasteiger partial charge in [0.2, 0.25) is 5.91 Å². The summed E-state index contributed by atoms with van der Waals surface area (Å²) in [4.78, 5) is 11.4. The van der Waals surface area contributed by atoms with Crippen LogP contribution in [-0.2, 0) is 4.79 Å². The van der Waals surface area contributed by atoms with Crippen molar-refractivity contribution in [2.24, 2.45) is 17.6 Å². The Balaban J connectivity index is 3.85. The van der Waals surface area contributed by atoms with Crippen molar-refractivity contribution in [2.45, 2.75) is 26.7 Å². The van der Waals surface area contributed by atoms with Gasteiger partial charge in [-0.2, -0.15) is 0 Å². The van der Waals surface area contributed by atoms with Crippen LogP contribution in [0.1, 0.15) is 26.7 Å². The van der Waals surface area contributed by atoms with E-state index in [2.05, 4.69) is 25.7 Å². The average Bonchev–Trinajstić information content (AvgIpc) is 2.13. The lowest BCUT2D eigenvalue weighted by Gasteiger charge is -2.16. The minimum atomic E-state index is -0.00657. The zero-order valence-electron chi connectivity index (χ0n) is 9.55. The van der Waals surface area contributed by atoms with Crippen LogP contribution in [0.4, 0.5) is 0 Å². The summed E-state index contributed by atoms with van der Waals surface area (Å²) in [5.41, 5.74) is 5.60. The van der Waals surface area contributed by atoms with E-state index in [1.807, 2.05) is 0 Å². The molecule has 1 atom stereocenters. The first-order valence-electron chi connectivity index (χ1n) is 5.25. The summed E-state index contributed by atoms with van der Waals surface area (Å²) in [6, 6.07) is 0. The van der Waals surface area contributed by atoms with Gasteiger partial charge in [0.15, 0.2) is 0 Å². The monoisotopic (exact) mass is 232 g/mol. The molecule has 0 bridgehead atoms. The first kappa shape index (κ1) is 14.5. The average molecular weight is 233 g/mol. The predicted octanol–water partition coefficient (Wildman–Crippen LogP) is 1.87. The molecule has 0 unspecified atom stereocenters. The Morgan fingerprint density at radius 3 is 2.53 bits per heavy atom. The summed E-state index contributed by atoms with van der Waals surface area (Å²) in [6.45, 7) is 8.63. The molecule has 0 radical (unpaired) electrons. The van der Waals surface area contributed by atoms with Crippen LogP contribution in [0.5, 0.6) is 0 Å². The Bertz CT molecular complexity index is 217. The second kappa shape index (κ2) is 7.71. The maximum atomic E-state index is 11.4. The highest BCUT2D eigenvalue weighted by atomic mass is 35.5. The van der Waals surface area contributed by atoms with Crippen LogP contribution in [0.15, 0.2) is 11.6 Å². The van der Waals surface area contributed by atoms with Gasteiger partial charge < -0.3 is 11.1 Å². The molecule has 0 aliphatic carbocycles. The number of hydrogen-bond donors (Lipinski definition) is 2. The zero-order chi connectivity index (χ0) is 11.8. The molecule has 15 heavy (non-hydrogen) atoms. The quantitative estimate of drug-likeness (QED) is 0.704. The fourth-order valence-corrected chi connectivity index (χ4v) is 1.53. The summed E-state index contributed by atoms with van der Waals surface area (Å²) in [7, 11) is 0. The van der Waals surface area contributed by atoms with Crippen LogP contribution in [0.2, 0.25) is 0 Å². The van der Waals surface area contributed by atoms with E-state index in [-0.39, 0.29) is 11.8 Å². The number of nitrogens with two attached hydrogens (primary N) is 1. The molecule has 3 nitrogen and oxygen atoms in total. The van der Waals surface area contributed by atoms with E-state index in [1.54, 1.807) is 0 Å². The van der Waals surface area contributed by atoms with Crippen LogP contribution < -0.4 is 11.1 Å². The topological polar surface area (TPSA) is 55.1 Å². The molecule has 1 amide bonds. The van der Waals surface area contributed by atoms with E-state index >= 15 is 0 Å². The molecular formula is C11H21ClN2O. The number of carbonyl (C=O) groups is 1. The number of amides is 1. The van der Waals surface area contributed by atoms with Gasteiger partial charge in [0.05, 0.1) is 6.54 Å². The van der Waals surface area contributed by atoms with Crippen molar-refractivity contribution in [3.63, 3.8) is 0 Å². The highest BCUT2D eigenvalue weighted by Gasteiger charge is 2.13. The summed E-state index contributed by atoms with van der Waals surface area (Å²) in [5, 5.41) is 3.14. The van der Waals surface area contributed by atoms with Gasteiger partial charge in [-0.25, -0.2) is 0 Å². The SMILES string of the molecule is C=C(Cl)CNC(=O)C[C@@H](CN)CC(C)C. The van der Waals surface area contributed by atoms with Gasteiger partial charge in [-0.1, -0.05) is 32.0 Å². The minimum Gasteiger partial charge on any atom is -0.351 e. The zero-order valence-corrected chi connectivity index (χ0v) is 10.3. The molecule has 0 aromatic heterocycles. The van der Waals surface area contributed by atoms with Gasteiger partial charge in [0.25, 0.3) is 0 Å². The van der Waals surface area contributed by atoms with Crippen molar-refractivity contribution in [2.75, 3.05) is 13.1 Å². The summed E-state index contributed by atoms with van der Waals surface area (Å²) >= 11 is 5.54. The van der Waals surface area contributed by atoms with Crippen LogP contribution in [0.3, 0.4) is 0 Å². The Labute approximate surface area is 97.1 Å². The van der Waals surface area contributed by atoms with E-state index in [4.69, 9.17) is 17.3 Å². The smallest absolute Gasteiger partial charge is 0.220 e. The van der Waals surface area contributed by atoms with E-state index in [0.717, 1.165) is 6.42 Å². The van der Waals surface area contributed by atoms with Gasteiger partial charge >= 0.3 is 0 Å². The lowest BCUT2D eigenvalue weighted by molar-refractivity contribution is -0.121. The molecular weight excluding hydrogens is 212 g/mol. The molecule has 0 aliphatic heterocycles. The number of hydrogen-bond acceptors (Lipinski definition) is 2. The number of rotatable bonds is 7. The number of halogens is 1. The highest BCUT2D eigenvalue weighted by molar-refractivity contribution is 6.29. The molecule has 0 spiro atoms. The Morgan fingerprint density at radius 1 is 1.53 bits per heavy atom. The fraction of sp³-hybridized carbons (Fsp3) is 0.727. The first-order chi connectivity index (χ1) is 6.95. The van der Waals surface area contributed by atoms with Crippen molar-refractivity contribution < 1.29 is 4.79 Å². The molecule has 0 rings (SSSR count). The number of carbonyl (C=O) groups excluding carboxylic acids is 1. The molecule has 0 heterocycles. The standard InChI is InChI=1S/C11H21ClN2O/c1-8(2)4-10(6-13)5-11(15)14-7-9(3)12/h8,10H,3-7,13H2,1-2H3,(H,14,15)/t10-/m0/s1. The maximum absolute atomic E-state index is 11.4. The normalized spacial score (nSPS) is 12.6. The molecule has 0 saturated carbocycles.